The minimum atomic E-state index is -0.645. The highest BCUT2D eigenvalue weighted by atomic mass is 19.1. The number of benzene rings is 1. The van der Waals surface area contributed by atoms with Gasteiger partial charge in [0.05, 0.1) is 12.8 Å². The second-order valence-corrected chi connectivity index (χ2v) is 3.16. The lowest BCUT2D eigenvalue weighted by Crippen LogP contribution is -2.29. The number of halogens is 1. The summed E-state index contributed by atoms with van der Waals surface area (Å²) in [6, 6.07) is 5.85. The highest BCUT2D eigenvalue weighted by Crippen LogP contribution is 2.17. The Morgan fingerprint density at radius 1 is 1.38 bits per heavy atom. The van der Waals surface area contributed by atoms with Gasteiger partial charge in [0, 0.05) is 7.05 Å². The second kappa shape index (κ2) is 5.25. The van der Waals surface area contributed by atoms with Crippen LogP contribution >= 0.6 is 0 Å². The topological polar surface area (TPSA) is 46.6 Å². The van der Waals surface area contributed by atoms with Crippen molar-refractivity contribution >= 4 is 17.6 Å². The van der Waals surface area contributed by atoms with Crippen molar-refractivity contribution in [1.82, 2.24) is 0 Å². The van der Waals surface area contributed by atoms with Gasteiger partial charge >= 0.3 is 5.97 Å². The Kier molecular flexibility index (Phi) is 3.99. The summed E-state index contributed by atoms with van der Waals surface area (Å²) in [4.78, 5) is 23.5. The minimum Gasteiger partial charge on any atom is -0.469 e. The van der Waals surface area contributed by atoms with E-state index in [2.05, 4.69) is 4.74 Å². The summed E-state index contributed by atoms with van der Waals surface area (Å²) in [6.07, 6.45) is -0.401. The molecule has 0 aliphatic rings. The zero-order valence-electron chi connectivity index (χ0n) is 9.07. The van der Waals surface area contributed by atoms with Gasteiger partial charge in [0.1, 0.15) is 12.2 Å². The maximum absolute atomic E-state index is 13.3. The average Bonchev–Trinajstić information content (AvgIpc) is 2.28. The lowest BCUT2D eigenvalue weighted by Gasteiger charge is -2.17. The van der Waals surface area contributed by atoms with Crippen LogP contribution in [-0.4, -0.2) is 26.0 Å². The van der Waals surface area contributed by atoms with Crippen molar-refractivity contribution in [2.75, 3.05) is 19.1 Å². The molecule has 0 aliphatic carbocycles. The van der Waals surface area contributed by atoms with E-state index < -0.39 is 24.1 Å². The van der Waals surface area contributed by atoms with Crippen LogP contribution < -0.4 is 4.90 Å². The fourth-order valence-corrected chi connectivity index (χ4v) is 1.17. The third-order valence-electron chi connectivity index (χ3n) is 2.11. The predicted molar refractivity (Wildman–Crippen MR) is 56.4 cm³/mol. The van der Waals surface area contributed by atoms with Gasteiger partial charge in [-0.15, -0.1) is 0 Å². The van der Waals surface area contributed by atoms with E-state index in [1.165, 1.54) is 32.4 Å². The Balaban J connectivity index is 2.78. The molecule has 0 heterocycles. The molecule has 0 unspecified atom stereocenters. The van der Waals surface area contributed by atoms with Gasteiger partial charge in [0.15, 0.2) is 0 Å². The number of carbonyl (C=O) groups excluding carboxylic acids is 2. The van der Waals surface area contributed by atoms with Crippen molar-refractivity contribution < 1.29 is 18.7 Å². The van der Waals surface area contributed by atoms with Gasteiger partial charge in [0.2, 0.25) is 5.91 Å². The minimum absolute atomic E-state index is 0.136. The molecule has 5 heteroatoms. The largest absolute Gasteiger partial charge is 0.469 e. The van der Waals surface area contributed by atoms with Crippen LogP contribution in [-0.2, 0) is 14.3 Å². The molecule has 0 saturated heterocycles. The van der Waals surface area contributed by atoms with Gasteiger partial charge in [0.25, 0.3) is 0 Å². The van der Waals surface area contributed by atoms with Gasteiger partial charge in [-0.05, 0) is 12.1 Å². The number of hydrogen-bond acceptors (Lipinski definition) is 3. The van der Waals surface area contributed by atoms with Crippen LogP contribution in [0.1, 0.15) is 6.42 Å². The van der Waals surface area contributed by atoms with Crippen LogP contribution in [0.25, 0.3) is 0 Å². The normalized spacial score (nSPS) is 9.69. The molecule has 16 heavy (non-hydrogen) atoms. The van der Waals surface area contributed by atoms with E-state index in [0.29, 0.717) is 0 Å². The number of nitrogens with zero attached hydrogens (tertiary/aromatic N) is 1. The quantitative estimate of drug-likeness (QED) is 0.576. The first-order valence-electron chi connectivity index (χ1n) is 4.64. The molecule has 0 radical (unpaired) electrons. The van der Waals surface area contributed by atoms with E-state index in [-0.39, 0.29) is 5.69 Å². The number of carbonyl (C=O) groups is 2. The van der Waals surface area contributed by atoms with Gasteiger partial charge in [-0.3, -0.25) is 9.59 Å². The molecular formula is C11H12FNO3. The van der Waals surface area contributed by atoms with Crippen LogP contribution in [0.5, 0.6) is 0 Å². The standard InChI is InChI=1S/C11H12FNO3/c1-13(10(14)7-11(15)16-2)9-6-4-3-5-8(9)12/h3-6H,7H2,1-2H3. The summed E-state index contributed by atoms with van der Waals surface area (Å²) in [5, 5.41) is 0. The average molecular weight is 225 g/mol. The number of anilines is 1. The van der Waals surface area contributed by atoms with E-state index in [4.69, 9.17) is 0 Å². The molecule has 1 aromatic rings. The Morgan fingerprint density at radius 3 is 2.56 bits per heavy atom. The van der Waals surface area contributed by atoms with Gasteiger partial charge in [-0.1, -0.05) is 12.1 Å². The van der Waals surface area contributed by atoms with E-state index in [1.54, 1.807) is 6.07 Å². The van der Waals surface area contributed by atoms with Crippen molar-refractivity contribution in [3.63, 3.8) is 0 Å². The first-order chi connectivity index (χ1) is 7.56. The van der Waals surface area contributed by atoms with Crippen molar-refractivity contribution in [3.8, 4) is 0 Å². The molecule has 0 N–H and O–H groups in total. The Labute approximate surface area is 92.6 Å². The van der Waals surface area contributed by atoms with E-state index in [1.807, 2.05) is 0 Å². The summed E-state index contributed by atoms with van der Waals surface area (Å²) in [7, 11) is 2.60. The molecule has 1 aromatic carbocycles. The Bertz CT molecular complexity index is 406. The summed E-state index contributed by atoms with van der Waals surface area (Å²) < 4.78 is 17.7. The molecular weight excluding hydrogens is 213 g/mol. The monoisotopic (exact) mass is 225 g/mol. The summed E-state index contributed by atoms with van der Waals surface area (Å²) in [5.74, 6) is -1.67. The second-order valence-electron chi connectivity index (χ2n) is 3.16. The zero-order chi connectivity index (χ0) is 12.1. The van der Waals surface area contributed by atoms with Crippen LogP contribution in [0.15, 0.2) is 24.3 Å². The van der Waals surface area contributed by atoms with Crippen LogP contribution in [0.2, 0.25) is 0 Å². The molecule has 0 saturated carbocycles. The highest BCUT2D eigenvalue weighted by Gasteiger charge is 2.17. The fourth-order valence-electron chi connectivity index (χ4n) is 1.17. The van der Waals surface area contributed by atoms with Gasteiger partial charge in [-0.2, -0.15) is 0 Å². The Morgan fingerprint density at radius 2 is 2.00 bits per heavy atom. The van der Waals surface area contributed by atoms with Crippen LogP contribution in [0, 0.1) is 5.82 Å². The molecule has 4 nitrogen and oxygen atoms in total. The Hall–Kier alpha value is -1.91. The third-order valence-corrected chi connectivity index (χ3v) is 2.11. The third kappa shape index (κ3) is 2.79. The van der Waals surface area contributed by atoms with E-state index in [0.717, 1.165) is 4.90 Å². The molecule has 1 amide bonds. The van der Waals surface area contributed by atoms with Crippen molar-refractivity contribution in [2.45, 2.75) is 6.42 Å². The number of rotatable bonds is 3. The molecule has 0 aromatic heterocycles. The van der Waals surface area contributed by atoms with Crippen molar-refractivity contribution in [3.05, 3.63) is 30.1 Å². The smallest absolute Gasteiger partial charge is 0.315 e. The molecule has 0 aliphatic heterocycles. The first kappa shape index (κ1) is 12.2. The number of hydrogen-bond donors (Lipinski definition) is 0. The molecule has 86 valence electrons. The number of ether oxygens (including phenoxy) is 1. The number of methoxy groups -OCH3 is 1. The zero-order valence-corrected chi connectivity index (χ0v) is 9.07. The molecule has 0 fully saturated rings. The number of amides is 1. The summed E-state index contributed by atoms with van der Waals surface area (Å²) >= 11 is 0. The number of esters is 1. The van der Waals surface area contributed by atoms with E-state index >= 15 is 0 Å². The number of para-hydroxylation sites is 1. The summed E-state index contributed by atoms with van der Waals surface area (Å²) in [6.45, 7) is 0. The first-order valence-corrected chi connectivity index (χ1v) is 4.64. The molecule has 1 rings (SSSR count). The predicted octanol–water partition coefficient (Wildman–Crippen LogP) is 1.35. The lowest BCUT2D eigenvalue weighted by molar-refractivity contribution is -0.143. The molecule has 0 atom stereocenters. The molecule has 0 spiro atoms. The van der Waals surface area contributed by atoms with Crippen molar-refractivity contribution in [2.24, 2.45) is 0 Å². The highest BCUT2D eigenvalue weighted by molar-refractivity contribution is 6.03. The SMILES string of the molecule is COC(=O)CC(=O)N(C)c1ccccc1F. The van der Waals surface area contributed by atoms with Gasteiger partial charge < -0.3 is 9.64 Å². The lowest BCUT2D eigenvalue weighted by atomic mass is 10.2. The van der Waals surface area contributed by atoms with E-state index in [9.17, 15) is 14.0 Å². The van der Waals surface area contributed by atoms with Gasteiger partial charge in [-0.25, -0.2) is 4.39 Å². The summed E-state index contributed by atoms with van der Waals surface area (Å²) in [5.41, 5.74) is 0.136. The molecule has 0 bridgehead atoms. The maximum atomic E-state index is 13.3. The van der Waals surface area contributed by atoms with Crippen LogP contribution in [0.3, 0.4) is 0 Å². The van der Waals surface area contributed by atoms with Crippen LogP contribution in [0.4, 0.5) is 10.1 Å². The van der Waals surface area contributed by atoms with Crippen molar-refractivity contribution in [1.29, 1.82) is 0 Å². The maximum Gasteiger partial charge on any atom is 0.315 e. The fraction of sp³-hybridized carbons (Fsp3) is 0.273.